The lowest BCUT2D eigenvalue weighted by molar-refractivity contribution is -0.384. The molecule has 0 bridgehead atoms. The average Bonchev–Trinajstić information content (AvgIpc) is 2.57. The number of nitrogens with one attached hydrogen (secondary N) is 1. The number of aliphatic hydroxyl groups is 1. The Morgan fingerprint density at radius 2 is 2.08 bits per heavy atom. The van der Waals surface area contributed by atoms with E-state index in [0.29, 0.717) is 23.3 Å². The van der Waals surface area contributed by atoms with E-state index in [0.717, 1.165) is 0 Å². The summed E-state index contributed by atoms with van der Waals surface area (Å²) in [5.41, 5.74) is 1.55. The fraction of sp³-hybridized carbons (Fsp3) is 0.353. The number of rotatable bonds is 9. The molecule has 1 rings (SSSR count). The summed E-state index contributed by atoms with van der Waals surface area (Å²) in [6.07, 6.45) is 1.09. The monoisotopic (exact) mass is 334 g/mol. The van der Waals surface area contributed by atoms with Crippen molar-refractivity contribution < 1.29 is 19.6 Å². The minimum absolute atomic E-state index is 0.0365. The highest BCUT2D eigenvalue weighted by Crippen LogP contribution is 2.18. The Kier molecular flexibility index (Phi) is 7.64. The molecule has 7 nitrogen and oxygen atoms in total. The number of carbonyl (C=O) groups excluding carboxylic acids is 1. The fourth-order valence-electron chi connectivity index (χ4n) is 2.04. The van der Waals surface area contributed by atoms with E-state index in [1.807, 2.05) is 0 Å². The van der Waals surface area contributed by atoms with Gasteiger partial charge in [0.15, 0.2) is 0 Å². The van der Waals surface area contributed by atoms with Gasteiger partial charge in [-0.25, -0.2) is 4.79 Å². The van der Waals surface area contributed by atoms with Crippen LogP contribution in [-0.4, -0.2) is 29.2 Å². The number of esters is 1. The van der Waals surface area contributed by atoms with Crippen molar-refractivity contribution in [1.82, 2.24) is 5.32 Å². The molecule has 0 fully saturated rings. The van der Waals surface area contributed by atoms with E-state index in [9.17, 15) is 20.0 Å². The van der Waals surface area contributed by atoms with Gasteiger partial charge in [-0.2, -0.15) is 0 Å². The third-order valence-electron chi connectivity index (χ3n) is 3.37. The molecule has 24 heavy (non-hydrogen) atoms. The molecule has 0 aromatic heterocycles. The van der Waals surface area contributed by atoms with Gasteiger partial charge in [0.1, 0.15) is 0 Å². The average molecular weight is 334 g/mol. The van der Waals surface area contributed by atoms with Crippen molar-refractivity contribution in [3.05, 3.63) is 63.9 Å². The minimum Gasteiger partial charge on any atom is -0.463 e. The molecule has 2 N–H and O–H groups in total. The molecule has 1 aromatic rings. The van der Waals surface area contributed by atoms with Crippen molar-refractivity contribution in [2.45, 2.75) is 26.4 Å². The molecule has 0 aliphatic carbocycles. The van der Waals surface area contributed by atoms with Gasteiger partial charge in [-0.1, -0.05) is 6.08 Å². The molecular weight excluding hydrogens is 312 g/mol. The van der Waals surface area contributed by atoms with E-state index in [4.69, 9.17) is 4.74 Å². The molecule has 0 saturated heterocycles. The van der Waals surface area contributed by atoms with Gasteiger partial charge >= 0.3 is 5.97 Å². The van der Waals surface area contributed by atoms with Crippen molar-refractivity contribution in [3.63, 3.8) is 0 Å². The molecule has 0 spiro atoms. The van der Waals surface area contributed by atoms with E-state index < -0.39 is 17.0 Å². The van der Waals surface area contributed by atoms with Crippen LogP contribution in [0.5, 0.6) is 0 Å². The molecular formula is C17H22N2O5. The first-order chi connectivity index (χ1) is 11.4. The van der Waals surface area contributed by atoms with Crippen molar-refractivity contribution >= 4 is 11.7 Å². The highest BCUT2D eigenvalue weighted by molar-refractivity contribution is 5.89. The maximum Gasteiger partial charge on any atom is 0.336 e. The molecule has 130 valence electrons. The number of benzene rings is 1. The number of hydrogen-bond acceptors (Lipinski definition) is 6. The second kappa shape index (κ2) is 9.46. The smallest absolute Gasteiger partial charge is 0.336 e. The SMILES string of the molecule is C=CCC(C(=O)OCC)=C(C)NCC(O)c1ccc([N+](=O)[O-])cc1. The van der Waals surface area contributed by atoms with Crippen molar-refractivity contribution in [2.24, 2.45) is 0 Å². The van der Waals surface area contributed by atoms with Crippen molar-refractivity contribution in [1.29, 1.82) is 0 Å². The molecule has 0 aliphatic heterocycles. The van der Waals surface area contributed by atoms with Gasteiger partial charge in [-0.05, 0) is 38.0 Å². The van der Waals surface area contributed by atoms with E-state index in [1.54, 1.807) is 19.9 Å². The van der Waals surface area contributed by atoms with E-state index in [1.165, 1.54) is 24.3 Å². The third kappa shape index (κ3) is 5.51. The van der Waals surface area contributed by atoms with Crippen LogP contribution in [0, 0.1) is 10.1 Å². The fourth-order valence-corrected chi connectivity index (χ4v) is 2.04. The Bertz CT molecular complexity index is 622. The number of allylic oxidation sites excluding steroid dienone is 2. The lowest BCUT2D eigenvalue weighted by Crippen LogP contribution is -2.23. The summed E-state index contributed by atoms with van der Waals surface area (Å²) >= 11 is 0. The molecule has 1 unspecified atom stereocenters. The summed E-state index contributed by atoms with van der Waals surface area (Å²) in [6.45, 7) is 7.50. The van der Waals surface area contributed by atoms with Gasteiger partial charge in [0.25, 0.3) is 5.69 Å². The number of hydrogen-bond donors (Lipinski definition) is 2. The third-order valence-corrected chi connectivity index (χ3v) is 3.37. The molecule has 0 radical (unpaired) electrons. The lowest BCUT2D eigenvalue weighted by atomic mass is 10.1. The van der Waals surface area contributed by atoms with Gasteiger partial charge < -0.3 is 15.2 Å². The zero-order valence-corrected chi connectivity index (χ0v) is 13.8. The summed E-state index contributed by atoms with van der Waals surface area (Å²) in [5.74, 6) is -0.424. The first-order valence-electron chi connectivity index (χ1n) is 7.54. The second-order valence-corrected chi connectivity index (χ2v) is 5.06. The van der Waals surface area contributed by atoms with Crippen LogP contribution in [0.4, 0.5) is 5.69 Å². The zero-order chi connectivity index (χ0) is 18.1. The molecule has 1 aromatic carbocycles. The van der Waals surface area contributed by atoms with E-state index in [2.05, 4.69) is 11.9 Å². The number of carbonyl (C=O) groups is 1. The molecule has 0 aliphatic rings. The zero-order valence-electron chi connectivity index (χ0n) is 13.8. The summed E-state index contributed by atoms with van der Waals surface area (Å²) in [6, 6.07) is 5.67. The van der Waals surface area contributed by atoms with Gasteiger partial charge in [0.2, 0.25) is 0 Å². The van der Waals surface area contributed by atoms with E-state index >= 15 is 0 Å². The lowest BCUT2D eigenvalue weighted by Gasteiger charge is -2.16. The summed E-state index contributed by atoms with van der Waals surface area (Å²) in [5, 5.41) is 23.8. The predicted octanol–water partition coefficient (Wildman–Crippen LogP) is 2.63. The Morgan fingerprint density at radius 3 is 2.58 bits per heavy atom. The molecule has 7 heteroatoms. The maximum absolute atomic E-state index is 11.9. The number of ether oxygens (including phenoxy) is 1. The van der Waals surface area contributed by atoms with Gasteiger partial charge in [0, 0.05) is 24.4 Å². The van der Waals surface area contributed by atoms with Gasteiger partial charge in [-0.3, -0.25) is 10.1 Å². The van der Waals surface area contributed by atoms with Crippen LogP contribution in [0.2, 0.25) is 0 Å². The molecule has 1 atom stereocenters. The Labute approximate surface area is 140 Å². The van der Waals surface area contributed by atoms with Crippen molar-refractivity contribution in [2.75, 3.05) is 13.2 Å². The van der Waals surface area contributed by atoms with Crippen LogP contribution >= 0.6 is 0 Å². The Balaban J connectivity index is 2.77. The highest BCUT2D eigenvalue weighted by atomic mass is 16.6. The molecule has 0 saturated carbocycles. The topological polar surface area (TPSA) is 102 Å². The first-order valence-corrected chi connectivity index (χ1v) is 7.54. The van der Waals surface area contributed by atoms with Gasteiger partial charge in [-0.15, -0.1) is 6.58 Å². The van der Waals surface area contributed by atoms with Gasteiger partial charge in [0.05, 0.1) is 23.2 Å². The van der Waals surface area contributed by atoms with Crippen LogP contribution in [0.15, 0.2) is 48.2 Å². The summed E-state index contributed by atoms with van der Waals surface area (Å²) in [4.78, 5) is 22.0. The van der Waals surface area contributed by atoms with Crippen LogP contribution in [0.3, 0.4) is 0 Å². The first kappa shape index (κ1) is 19.4. The number of nitrogens with zero attached hydrogens (tertiary/aromatic N) is 1. The normalized spacial score (nSPS) is 12.8. The van der Waals surface area contributed by atoms with Crippen LogP contribution < -0.4 is 5.32 Å². The van der Waals surface area contributed by atoms with E-state index in [-0.39, 0.29) is 18.8 Å². The minimum atomic E-state index is -0.868. The second-order valence-electron chi connectivity index (χ2n) is 5.06. The summed E-state index contributed by atoms with van der Waals surface area (Å²) < 4.78 is 4.99. The van der Waals surface area contributed by atoms with Crippen molar-refractivity contribution in [3.8, 4) is 0 Å². The largest absolute Gasteiger partial charge is 0.463 e. The van der Waals surface area contributed by atoms with Crippen LogP contribution in [0.25, 0.3) is 0 Å². The number of non-ortho nitro benzene ring substituents is 1. The summed E-state index contributed by atoms with van der Waals surface area (Å²) in [7, 11) is 0. The standard InChI is InChI=1S/C17H22N2O5/c1-4-6-15(17(21)24-5-2)12(3)18-11-16(20)13-7-9-14(10-8-13)19(22)23/h4,7-10,16,18,20H,1,5-6,11H2,2-3H3. The molecule has 0 heterocycles. The quantitative estimate of drug-likeness (QED) is 0.237. The molecule has 0 amide bonds. The predicted molar refractivity (Wildman–Crippen MR) is 90.2 cm³/mol. The number of nitro benzene ring substituents is 1. The highest BCUT2D eigenvalue weighted by Gasteiger charge is 2.15. The Morgan fingerprint density at radius 1 is 1.46 bits per heavy atom. The number of aliphatic hydroxyl groups excluding tert-OH is 1. The number of nitro groups is 1. The Hall–Kier alpha value is -2.67. The van der Waals surface area contributed by atoms with Crippen LogP contribution in [-0.2, 0) is 9.53 Å². The van der Waals surface area contributed by atoms with Crippen LogP contribution in [0.1, 0.15) is 31.9 Å². The maximum atomic E-state index is 11.9.